The first kappa shape index (κ1) is 32.5. The molecule has 0 fully saturated rings. The minimum absolute atomic E-state index is 0.646. The van der Waals surface area contributed by atoms with Crippen LogP contribution in [0.4, 0.5) is 0 Å². The zero-order chi connectivity index (χ0) is 37.5. The molecule has 0 atom stereocenters. The van der Waals surface area contributed by atoms with Crippen LogP contribution >= 0.6 is 34.0 Å². The Morgan fingerprint density at radius 3 is 1.70 bits per heavy atom. The van der Waals surface area contributed by atoms with Gasteiger partial charge in [0.15, 0.2) is 23.3 Å². The summed E-state index contributed by atoms with van der Waals surface area (Å²) in [7, 11) is 0. The summed E-state index contributed by atoms with van der Waals surface area (Å²) in [4.78, 5) is 25.8. The lowest BCUT2D eigenvalue weighted by molar-refractivity contribution is 1.08. The molecule has 7 aromatic carbocycles. The molecule has 0 spiro atoms. The van der Waals surface area contributed by atoms with Crippen molar-refractivity contribution >= 4 is 94.7 Å². The lowest BCUT2D eigenvalue weighted by atomic mass is 10.1. The van der Waals surface area contributed by atoms with Gasteiger partial charge in [0, 0.05) is 78.2 Å². The first-order chi connectivity index (χ1) is 28.2. The second kappa shape index (κ2) is 12.9. The molecule has 0 aliphatic heterocycles. The normalized spacial score (nSPS) is 11.9. The van der Waals surface area contributed by atoms with Crippen LogP contribution < -0.4 is 0 Å². The summed E-state index contributed by atoms with van der Waals surface area (Å²) in [5, 5.41) is 5.97. The zero-order valence-corrected chi connectivity index (χ0v) is 32.5. The van der Waals surface area contributed by atoms with Crippen molar-refractivity contribution in [2.24, 2.45) is 0 Å². The van der Waals surface area contributed by atoms with Crippen LogP contribution in [-0.2, 0) is 0 Å². The second-order valence-electron chi connectivity index (χ2n) is 14.0. The van der Waals surface area contributed by atoms with E-state index in [4.69, 9.17) is 24.9 Å². The molecule has 0 aliphatic rings. The molecule has 0 radical (unpaired) electrons. The number of aromatic nitrogens is 5. The Bertz CT molecular complexity index is 3530. The van der Waals surface area contributed by atoms with Crippen LogP contribution in [0.25, 0.3) is 117 Å². The van der Waals surface area contributed by atoms with Gasteiger partial charge in [-0.05, 0) is 42.5 Å². The van der Waals surface area contributed by atoms with Gasteiger partial charge < -0.3 is 0 Å². The molecule has 57 heavy (non-hydrogen) atoms. The Morgan fingerprint density at radius 1 is 0.298 bits per heavy atom. The largest absolute Gasteiger partial charge is 0.226 e. The third-order valence-electron chi connectivity index (χ3n) is 10.6. The monoisotopic (exact) mass is 781 g/mol. The summed E-state index contributed by atoms with van der Waals surface area (Å²) in [6.45, 7) is 0. The maximum atomic E-state index is 5.23. The molecular formula is C49H27N5S3. The molecular weight excluding hydrogens is 755 g/mol. The summed E-state index contributed by atoms with van der Waals surface area (Å²) >= 11 is 5.32. The average Bonchev–Trinajstić information content (AvgIpc) is 3.97. The number of fused-ring (bicyclic) bond motifs is 9. The van der Waals surface area contributed by atoms with E-state index in [1.807, 2.05) is 24.3 Å². The van der Waals surface area contributed by atoms with Crippen molar-refractivity contribution in [1.82, 2.24) is 24.9 Å². The number of benzene rings is 7. The van der Waals surface area contributed by atoms with E-state index in [2.05, 4.69) is 140 Å². The van der Waals surface area contributed by atoms with Gasteiger partial charge in [-0.1, -0.05) is 121 Å². The Labute approximate surface area is 338 Å². The van der Waals surface area contributed by atoms with Gasteiger partial charge in [0.1, 0.15) is 0 Å². The number of hydrogen-bond acceptors (Lipinski definition) is 8. The van der Waals surface area contributed by atoms with Crippen molar-refractivity contribution in [2.75, 3.05) is 0 Å². The van der Waals surface area contributed by atoms with Crippen molar-refractivity contribution in [2.45, 2.75) is 0 Å². The van der Waals surface area contributed by atoms with E-state index in [0.29, 0.717) is 17.5 Å². The highest BCUT2D eigenvalue weighted by Crippen LogP contribution is 2.43. The van der Waals surface area contributed by atoms with Crippen LogP contribution in [0.2, 0.25) is 0 Å². The van der Waals surface area contributed by atoms with Gasteiger partial charge in [0.25, 0.3) is 0 Å². The van der Waals surface area contributed by atoms with Gasteiger partial charge in [-0.2, -0.15) is 0 Å². The van der Waals surface area contributed by atoms with Crippen molar-refractivity contribution in [3.8, 4) is 56.8 Å². The average molecular weight is 782 g/mol. The van der Waals surface area contributed by atoms with Crippen molar-refractivity contribution in [1.29, 1.82) is 0 Å². The standard InChI is InChI=1S/C49H27N5S3/c1-3-12-28(13-4-1)42-45-43(35-17-8-10-21-39(35)57-45)51-47(50-42)31-22-24-33-37-26-30(23-25-40(37)55-41(33)27-31)48-52-46(29-14-5-2-6-15-29)53-49(54-48)36-19-11-18-34-32-16-7-9-20-38(32)56-44(34)36/h1-27H. The second-order valence-corrected chi connectivity index (χ2v) is 17.2. The number of hydrogen-bond donors (Lipinski definition) is 0. The molecule has 5 heterocycles. The van der Waals surface area contributed by atoms with E-state index >= 15 is 0 Å². The first-order valence-electron chi connectivity index (χ1n) is 18.7. The van der Waals surface area contributed by atoms with Crippen LogP contribution in [-0.4, -0.2) is 24.9 Å². The highest BCUT2D eigenvalue weighted by atomic mass is 32.1. The van der Waals surface area contributed by atoms with E-state index in [0.717, 1.165) is 54.9 Å². The quantitative estimate of drug-likeness (QED) is 0.174. The summed E-state index contributed by atoms with van der Waals surface area (Å²) < 4.78 is 7.13. The van der Waals surface area contributed by atoms with Crippen LogP contribution in [0, 0.1) is 0 Å². The van der Waals surface area contributed by atoms with E-state index < -0.39 is 0 Å². The van der Waals surface area contributed by atoms with Gasteiger partial charge in [-0.3, -0.25) is 0 Å². The molecule has 0 saturated heterocycles. The smallest absolute Gasteiger partial charge is 0.165 e. The fraction of sp³-hybridized carbons (Fsp3) is 0. The van der Waals surface area contributed by atoms with Gasteiger partial charge >= 0.3 is 0 Å². The van der Waals surface area contributed by atoms with Crippen LogP contribution in [0.1, 0.15) is 0 Å². The van der Waals surface area contributed by atoms with Gasteiger partial charge in [0.2, 0.25) is 0 Å². The van der Waals surface area contributed by atoms with Crippen LogP contribution in [0.15, 0.2) is 164 Å². The molecule has 8 heteroatoms. The Kier molecular flexibility index (Phi) is 7.38. The fourth-order valence-electron chi connectivity index (χ4n) is 7.83. The third-order valence-corrected chi connectivity index (χ3v) is 14.1. The summed E-state index contributed by atoms with van der Waals surface area (Å²) in [5.41, 5.74) is 6.95. The molecule has 0 N–H and O–H groups in total. The minimum Gasteiger partial charge on any atom is -0.226 e. The Morgan fingerprint density at radius 2 is 0.877 bits per heavy atom. The molecule has 5 aromatic heterocycles. The molecule has 0 saturated carbocycles. The molecule has 0 bridgehead atoms. The Balaban J connectivity index is 1.00. The van der Waals surface area contributed by atoms with E-state index in [9.17, 15) is 0 Å². The molecule has 266 valence electrons. The van der Waals surface area contributed by atoms with Crippen LogP contribution in [0.3, 0.4) is 0 Å². The van der Waals surface area contributed by atoms with E-state index in [1.54, 1.807) is 34.0 Å². The predicted octanol–water partition coefficient (Wildman–Crippen LogP) is 14.1. The third kappa shape index (κ3) is 5.37. The lowest BCUT2D eigenvalue weighted by Crippen LogP contribution is -2.00. The first-order valence-corrected chi connectivity index (χ1v) is 21.1. The molecule has 0 amide bonds. The highest BCUT2D eigenvalue weighted by Gasteiger charge is 2.19. The summed E-state index contributed by atoms with van der Waals surface area (Å²) in [6.07, 6.45) is 0. The Hall–Kier alpha value is -6.71. The number of rotatable bonds is 5. The fourth-order valence-corrected chi connectivity index (χ4v) is 11.3. The van der Waals surface area contributed by atoms with Gasteiger partial charge in [0.05, 0.1) is 15.9 Å². The zero-order valence-electron chi connectivity index (χ0n) is 30.0. The maximum absolute atomic E-state index is 5.23. The van der Waals surface area contributed by atoms with Crippen molar-refractivity contribution in [3.63, 3.8) is 0 Å². The SMILES string of the molecule is c1ccc(-c2nc(-c3ccc4sc5cc(-c6nc(-c7ccccc7)c7sc8ccccc8c7n6)ccc5c4c3)nc(-c3cccc4c3sc3ccccc34)n2)cc1. The van der Waals surface area contributed by atoms with Crippen molar-refractivity contribution < 1.29 is 0 Å². The molecule has 0 aliphatic carbocycles. The van der Waals surface area contributed by atoms with Crippen LogP contribution in [0.5, 0.6) is 0 Å². The van der Waals surface area contributed by atoms with E-state index in [1.165, 1.54) is 45.0 Å². The number of nitrogens with zero attached hydrogens (tertiary/aromatic N) is 5. The predicted molar refractivity (Wildman–Crippen MR) is 241 cm³/mol. The molecule has 12 rings (SSSR count). The summed E-state index contributed by atoms with van der Waals surface area (Å²) in [5.74, 6) is 2.69. The maximum Gasteiger partial charge on any atom is 0.165 e. The molecule has 5 nitrogen and oxygen atoms in total. The molecule has 12 aromatic rings. The highest BCUT2D eigenvalue weighted by molar-refractivity contribution is 7.27. The van der Waals surface area contributed by atoms with Gasteiger partial charge in [-0.15, -0.1) is 34.0 Å². The molecule has 0 unspecified atom stereocenters. The van der Waals surface area contributed by atoms with Gasteiger partial charge in [-0.25, -0.2) is 24.9 Å². The summed E-state index contributed by atoms with van der Waals surface area (Å²) in [6, 6.07) is 57.3. The lowest BCUT2D eigenvalue weighted by Gasteiger charge is -2.09. The number of thiophene rings is 3. The topological polar surface area (TPSA) is 64.5 Å². The van der Waals surface area contributed by atoms with Crippen molar-refractivity contribution in [3.05, 3.63) is 164 Å². The minimum atomic E-state index is 0.646. The van der Waals surface area contributed by atoms with E-state index in [-0.39, 0.29) is 0 Å².